The van der Waals surface area contributed by atoms with Crippen molar-refractivity contribution < 1.29 is 25.8 Å². The number of anilines is 4. The number of ether oxygens (including phenoxy) is 1. The minimum absolute atomic E-state index is 0. The standard InChI is InChI=1S/C55H45N4O.Pt/c1-54(2,3)38-30-31-56-50(32-38)59-48-29-17-26-44-51(48)52-45(55(44,4)5)34-41(35-49(52)59)60-40-23-15-22-39(33-40)57-46-27-13-14-28-47(46)58(6)53-42(36-18-9-7-10-19-36)24-16-25-43(53)37-20-11-8-12-21-37;/h7-32,34,57H,6H2,1-5H3;/q-3;. The zero-order chi connectivity index (χ0) is 41.2. The smallest absolute Gasteiger partial charge is 0.135 e. The van der Waals surface area contributed by atoms with Crippen LogP contribution in [0.5, 0.6) is 11.5 Å². The normalized spacial score (nSPS) is 12.8. The molecule has 61 heavy (non-hydrogen) atoms. The molecule has 9 aromatic rings. The van der Waals surface area contributed by atoms with Crippen molar-refractivity contribution in [3.8, 4) is 39.6 Å². The van der Waals surface area contributed by atoms with Crippen LogP contribution >= 0.6 is 0 Å². The van der Waals surface area contributed by atoms with E-state index in [-0.39, 0.29) is 31.9 Å². The molecule has 0 saturated carbocycles. The van der Waals surface area contributed by atoms with Crippen molar-refractivity contribution in [2.24, 2.45) is 0 Å². The van der Waals surface area contributed by atoms with Gasteiger partial charge in [0.25, 0.3) is 0 Å². The SMILES string of the molecule is [CH2-]N(c1ccccc1Nc1[c-]c(Oc2[c-]c3c4c(c2)C(C)(C)c2cccc(c24)n3-c2cc(C(C)(C)C)ccn2)ccc1)c1c(-c2ccccc2)cccc1-c1ccccc1.[Pt]. The Morgan fingerprint density at radius 1 is 0.672 bits per heavy atom. The molecule has 2 heterocycles. The van der Waals surface area contributed by atoms with Gasteiger partial charge >= 0.3 is 0 Å². The molecule has 0 unspecified atom stereocenters. The average molecular weight is 973 g/mol. The zero-order valence-electron chi connectivity index (χ0n) is 34.9. The molecule has 1 N–H and O–H groups in total. The van der Waals surface area contributed by atoms with Crippen molar-refractivity contribution in [1.29, 1.82) is 0 Å². The molecule has 5 nitrogen and oxygen atoms in total. The number of hydrogen-bond donors (Lipinski definition) is 1. The number of pyridine rings is 1. The van der Waals surface area contributed by atoms with Crippen molar-refractivity contribution in [3.05, 3.63) is 200 Å². The molecule has 304 valence electrons. The minimum Gasteiger partial charge on any atom is -0.509 e. The fourth-order valence-electron chi connectivity index (χ4n) is 8.85. The fraction of sp³-hybridized carbons (Fsp3) is 0.127. The van der Waals surface area contributed by atoms with Crippen LogP contribution in [0.15, 0.2) is 164 Å². The molecule has 1 aliphatic rings. The van der Waals surface area contributed by atoms with Crippen molar-refractivity contribution in [2.75, 3.05) is 10.2 Å². The van der Waals surface area contributed by atoms with Crippen LogP contribution < -0.4 is 15.0 Å². The molecule has 0 radical (unpaired) electrons. The second-order valence-electron chi connectivity index (χ2n) is 17.1. The Hall–Kier alpha value is -6.42. The third-order valence-electron chi connectivity index (χ3n) is 11.9. The molecule has 0 bridgehead atoms. The molecule has 1 aliphatic carbocycles. The van der Waals surface area contributed by atoms with Crippen LogP contribution in [-0.2, 0) is 31.9 Å². The summed E-state index contributed by atoms with van der Waals surface area (Å²) in [4.78, 5) is 6.95. The van der Waals surface area contributed by atoms with E-state index in [1.165, 1.54) is 27.5 Å². The average Bonchev–Trinajstić information content (AvgIpc) is 3.72. The van der Waals surface area contributed by atoms with E-state index in [1.54, 1.807) is 0 Å². The van der Waals surface area contributed by atoms with E-state index >= 15 is 0 Å². The van der Waals surface area contributed by atoms with Gasteiger partial charge in [0.1, 0.15) is 5.82 Å². The maximum absolute atomic E-state index is 6.72. The third-order valence-corrected chi connectivity index (χ3v) is 11.9. The molecular formula is C55H45N4OPt-3. The van der Waals surface area contributed by atoms with Crippen LogP contribution in [0.4, 0.5) is 22.7 Å². The van der Waals surface area contributed by atoms with Crippen molar-refractivity contribution in [1.82, 2.24) is 9.55 Å². The quantitative estimate of drug-likeness (QED) is 0.146. The van der Waals surface area contributed by atoms with Crippen LogP contribution in [-0.4, -0.2) is 9.55 Å². The molecule has 6 heteroatoms. The third kappa shape index (κ3) is 7.01. The molecule has 0 aliphatic heterocycles. The summed E-state index contributed by atoms with van der Waals surface area (Å²) in [5.74, 6) is 2.08. The summed E-state index contributed by atoms with van der Waals surface area (Å²) >= 11 is 0. The largest absolute Gasteiger partial charge is 0.509 e. The van der Waals surface area contributed by atoms with Gasteiger partial charge in [-0.1, -0.05) is 154 Å². The van der Waals surface area contributed by atoms with E-state index in [0.717, 1.165) is 61.9 Å². The van der Waals surface area contributed by atoms with Gasteiger partial charge in [0.2, 0.25) is 0 Å². The number of para-hydroxylation sites is 3. The van der Waals surface area contributed by atoms with Crippen LogP contribution in [0.2, 0.25) is 0 Å². The summed E-state index contributed by atoms with van der Waals surface area (Å²) in [6.07, 6.45) is 1.91. The Labute approximate surface area is 373 Å². The number of rotatable bonds is 9. The summed E-state index contributed by atoms with van der Waals surface area (Å²) in [6.45, 7) is 11.3. The Morgan fingerprint density at radius 2 is 1.33 bits per heavy atom. The topological polar surface area (TPSA) is 42.3 Å². The first-order valence-electron chi connectivity index (χ1n) is 20.5. The van der Waals surface area contributed by atoms with Crippen molar-refractivity contribution >= 4 is 44.6 Å². The molecule has 0 saturated heterocycles. The Kier molecular flexibility index (Phi) is 10.2. The first kappa shape index (κ1) is 40.0. The van der Waals surface area contributed by atoms with Gasteiger partial charge in [0, 0.05) is 66.8 Å². The van der Waals surface area contributed by atoms with Crippen LogP contribution in [0, 0.1) is 19.2 Å². The van der Waals surface area contributed by atoms with Gasteiger partial charge in [-0.15, -0.1) is 35.9 Å². The van der Waals surface area contributed by atoms with E-state index in [2.05, 4.69) is 179 Å². The maximum atomic E-state index is 6.72. The summed E-state index contributed by atoms with van der Waals surface area (Å²) in [6, 6.07) is 61.9. The van der Waals surface area contributed by atoms with Crippen LogP contribution in [0.3, 0.4) is 0 Å². The minimum atomic E-state index is -0.216. The fourth-order valence-corrected chi connectivity index (χ4v) is 8.85. The number of hydrogen-bond acceptors (Lipinski definition) is 4. The molecule has 0 spiro atoms. The Morgan fingerprint density at radius 3 is 2.03 bits per heavy atom. The number of nitrogens with zero attached hydrogens (tertiary/aromatic N) is 3. The molecular weight excluding hydrogens is 928 g/mol. The molecule has 0 atom stereocenters. The van der Waals surface area contributed by atoms with Crippen molar-refractivity contribution in [3.63, 3.8) is 0 Å². The first-order valence-corrected chi connectivity index (χ1v) is 20.5. The molecule has 0 fully saturated rings. The van der Waals surface area contributed by atoms with Crippen LogP contribution in [0.1, 0.15) is 51.3 Å². The van der Waals surface area contributed by atoms with E-state index in [9.17, 15) is 0 Å². The number of aromatic nitrogens is 2. The number of benzene rings is 7. The van der Waals surface area contributed by atoms with Gasteiger partial charge in [0.15, 0.2) is 0 Å². The molecule has 10 rings (SSSR count). The van der Waals surface area contributed by atoms with Crippen molar-refractivity contribution in [2.45, 2.75) is 45.4 Å². The summed E-state index contributed by atoms with van der Waals surface area (Å²) in [7, 11) is 4.69. The van der Waals surface area contributed by atoms with Gasteiger partial charge in [0.05, 0.1) is 5.69 Å². The van der Waals surface area contributed by atoms with Gasteiger partial charge in [-0.05, 0) is 68.8 Å². The van der Waals surface area contributed by atoms with E-state index in [0.29, 0.717) is 11.5 Å². The monoisotopic (exact) mass is 972 g/mol. The Bertz CT molecular complexity index is 3020. The second-order valence-corrected chi connectivity index (χ2v) is 17.1. The second kappa shape index (κ2) is 15.6. The molecule has 0 amide bonds. The summed E-state index contributed by atoms with van der Waals surface area (Å²) in [5, 5.41) is 6.13. The van der Waals surface area contributed by atoms with Gasteiger partial charge < -0.3 is 19.5 Å². The molecule has 7 aromatic carbocycles. The zero-order valence-corrected chi connectivity index (χ0v) is 37.1. The summed E-state index contributed by atoms with van der Waals surface area (Å²) < 4.78 is 8.97. The van der Waals surface area contributed by atoms with Gasteiger partial charge in [-0.25, -0.2) is 4.98 Å². The van der Waals surface area contributed by atoms with E-state index < -0.39 is 0 Å². The predicted molar refractivity (Wildman–Crippen MR) is 248 cm³/mol. The predicted octanol–water partition coefficient (Wildman–Crippen LogP) is 14.5. The van der Waals surface area contributed by atoms with Gasteiger partial charge in [-0.3, -0.25) is 7.05 Å². The molecule has 2 aromatic heterocycles. The van der Waals surface area contributed by atoms with Gasteiger partial charge in [-0.2, -0.15) is 6.07 Å². The maximum Gasteiger partial charge on any atom is 0.135 e. The number of nitrogens with one attached hydrogen (secondary N) is 1. The Balaban J connectivity index is 0.00000476. The first-order chi connectivity index (χ1) is 29.1. The van der Waals surface area contributed by atoms with E-state index in [4.69, 9.17) is 9.72 Å². The van der Waals surface area contributed by atoms with Crippen LogP contribution in [0.25, 0.3) is 49.9 Å². The van der Waals surface area contributed by atoms with E-state index in [1.807, 2.05) is 53.6 Å². The summed E-state index contributed by atoms with van der Waals surface area (Å²) in [5.41, 5.74) is 13.6.